The van der Waals surface area contributed by atoms with Crippen molar-refractivity contribution in [2.24, 2.45) is 7.05 Å². The molecule has 4 aromatic rings. The van der Waals surface area contributed by atoms with Crippen molar-refractivity contribution in [3.05, 3.63) is 125 Å². The molecular weight excluding hydrogens is 559 g/mol. The minimum atomic E-state index is -0.906. The van der Waals surface area contributed by atoms with Crippen molar-refractivity contribution in [1.29, 1.82) is 0 Å². The molecule has 5 heteroatoms. The van der Waals surface area contributed by atoms with Crippen LogP contribution in [-0.2, 0) is 19.0 Å². The predicted molar refractivity (Wildman–Crippen MR) is 141 cm³/mol. The number of hydrogen-bond donors (Lipinski definition) is 1. The van der Waals surface area contributed by atoms with Crippen molar-refractivity contribution in [3.63, 3.8) is 0 Å². The lowest BCUT2D eigenvalue weighted by molar-refractivity contribution is -0.644. The monoisotopic (exact) mass is 588 g/mol. The van der Waals surface area contributed by atoms with Gasteiger partial charge in [0, 0.05) is 35.5 Å². The minimum Gasteiger partial charge on any atom is -1.00 e. The summed E-state index contributed by atoms with van der Waals surface area (Å²) >= 11 is 0. The summed E-state index contributed by atoms with van der Waals surface area (Å²) in [6, 6.07) is 26.3. The Kier molecular flexibility index (Phi) is 7.31. The molecule has 0 amide bonds. The molecule has 0 atom stereocenters. The first-order chi connectivity index (χ1) is 16.9. The van der Waals surface area contributed by atoms with Gasteiger partial charge in [-0.15, -0.1) is 0 Å². The molecule has 0 radical (unpaired) electrons. The van der Waals surface area contributed by atoms with Crippen LogP contribution in [0.5, 0.6) is 0 Å². The molecule has 5 rings (SSSR count). The van der Waals surface area contributed by atoms with E-state index >= 15 is 0 Å². The molecular formula is C31H29IN2O2. The van der Waals surface area contributed by atoms with E-state index in [4.69, 9.17) is 0 Å². The van der Waals surface area contributed by atoms with Crippen LogP contribution in [0, 0.1) is 0 Å². The Balaban J connectivity index is 0.00000304. The Morgan fingerprint density at radius 1 is 0.972 bits per heavy atom. The summed E-state index contributed by atoms with van der Waals surface area (Å²) in [6.07, 6.45) is 8.63. The maximum Gasteiger partial charge on any atom is 0.335 e. The highest BCUT2D eigenvalue weighted by Crippen LogP contribution is 2.48. The molecule has 0 spiro atoms. The lowest BCUT2D eigenvalue weighted by Crippen LogP contribution is -3.00. The number of aryl methyl sites for hydroxylation is 1. The molecule has 182 valence electrons. The molecule has 4 nitrogen and oxygen atoms in total. The molecule has 0 aliphatic carbocycles. The van der Waals surface area contributed by atoms with Gasteiger partial charge in [0.05, 0.1) is 10.9 Å². The Labute approximate surface area is 229 Å². The Morgan fingerprint density at radius 2 is 1.67 bits per heavy atom. The largest absolute Gasteiger partial charge is 1.00 e. The highest BCUT2D eigenvalue weighted by Gasteiger charge is 2.39. The third kappa shape index (κ3) is 4.67. The highest BCUT2D eigenvalue weighted by molar-refractivity contribution is 5.87. The van der Waals surface area contributed by atoms with E-state index in [0.717, 1.165) is 5.56 Å². The number of halogens is 1. The average molecular weight is 588 g/mol. The van der Waals surface area contributed by atoms with Crippen molar-refractivity contribution in [2.75, 3.05) is 4.90 Å². The molecule has 0 saturated heterocycles. The quantitative estimate of drug-likeness (QED) is 0.288. The second-order valence-electron chi connectivity index (χ2n) is 9.54. The van der Waals surface area contributed by atoms with Gasteiger partial charge in [0.15, 0.2) is 6.20 Å². The van der Waals surface area contributed by atoms with Crippen LogP contribution < -0.4 is 33.4 Å². The highest BCUT2D eigenvalue weighted by atomic mass is 127. The van der Waals surface area contributed by atoms with E-state index in [-0.39, 0.29) is 29.4 Å². The van der Waals surface area contributed by atoms with E-state index in [1.807, 2.05) is 12.1 Å². The van der Waals surface area contributed by atoms with Gasteiger partial charge in [-0.05, 0) is 47.0 Å². The summed E-state index contributed by atoms with van der Waals surface area (Å²) in [7, 11) is 2.07. The summed E-state index contributed by atoms with van der Waals surface area (Å²) in [5, 5.41) is 10.5. The molecule has 36 heavy (non-hydrogen) atoms. The molecule has 0 unspecified atom stereocenters. The molecule has 0 fully saturated rings. The van der Waals surface area contributed by atoms with Gasteiger partial charge in [0.2, 0.25) is 5.52 Å². The van der Waals surface area contributed by atoms with Crippen LogP contribution in [0.25, 0.3) is 17.0 Å². The number of fused-ring (bicyclic) bond motifs is 2. The maximum absolute atomic E-state index is 11.3. The van der Waals surface area contributed by atoms with Gasteiger partial charge in [-0.2, -0.15) is 0 Å². The average Bonchev–Trinajstić information content (AvgIpc) is 3.07. The van der Waals surface area contributed by atoms with Gasteiger partial charge in [-0.3, -0.25) is 0 Å². The number of allylic oxidation sites excluding steroid dienone is 3. The van der Waals surface area contributed by atoms with Crippen molar-refractivity contribution in [3.8, 4) is 0 Å². The molecule has 0 saturated carbocycles. The fraction of sp³-hybridized carbons (Fsp3) is 0.161. The first-order valence-corrected chi connectivity index (χ1v) is 11.8. The number of carboxylic acids is 1. The normalized spacial score (nSPS) is 15.3. The maximum atomic E-state index is 11.3. The molecule has 1 N–H and O–H groups in total. The number of para-hydroxylation sites is 2. The van der Waals surface area contributed by atoms with E-state index in [1.54, 1.807) is 12.1 Å². The Hall–Kier alpha value is -3.45. The smallest absolute Gasteiger partial charge is 0.335 e. The van der Waals surface area contributed by atoms with Gasteiger partial charge < -0.3 is 34.0 Å². The van der Waals surface area contributed by atoms with Crippen LogP contribution in [0.3, 0.4) is 0 Å². The standard InChI is InChI=1S/C31H28N2O2.HI/c1-31(2)26-11-5-7-13-28(26)33(21-22-15-17-24(18-16-22)30(34)35)29(31)14-8-9-23-19-20-32(3)27-12-6-4-10-25(23)27;/h4-20H,21H2,1-3H3;1H. The Morgan fingerprint density at radius 3 is 2.42 bits per heavy atom. The lowest BCUT2D eigenvalue weighted by atomic mass is 9.83. The van der Waals surface area contributed by atoms with Crippen molar-refractivity contribution >= 4 is 28.6 Å². The van der Waals surface area contributed by atoms with E-state index in [2.05, 4.69) is 109 Å². The zero-order valence-electron chi connectivity index (χ0n) is 20.6. The van der Waals surface area contributed by atoms with Crippen molar-refractivity contribution < 1.29 is 38.4 Å². The van der Waals surface area contributed by atoms with E-state index in [9.17, 15) is 9.90 Å². The summed E-state index contributed by atoms with van der Waals surface area (Å²) in [6.45, 7) is 5.19. The summed E-state index contributed by atoms with van der Waals surface area (Å²) in [5.41, 5.74) is 7.28. The van der Waals surface area contributed by atoms with Crippen LogP contribution in [0.1, 0.15) is 40.9 Å². The number of carbonyl (C=O) groups is 1. The van der Waals surface area contributed by atoms with E-state index in [1.165, 1.54) is 33.4 Å². The topological polar surface area (TPSA) is 44.4 Å². The fourth-order valence-electron chi connectivity index (χ4n) is 5.02. The first kappa shape index (κ1) is 25.6. The summed E-state index contributed by atoms with van der Waals surface area (Å²) in [5.74, 6) is -0.906. The van der Waals surface area contributed by atoms with Gasteiger partial charge in [-0.1, -0.05) is 68.5 Å². The zero-order chi connectivity index (χ0) is 24.6. The third-order valence-electron chi connectivity index (χ3n) is 6.94. The van der Waals surface area contributed by atoms with Crippen LogP contribution >= 0.6 is 0 Å². The first-order valence-electron chi connectivity index (χ1n) is 11.8. The predicted octanol–water partition coefficient (Wildman–Crippen LogP) is 3.26. The van der Waals surface area contributed by atoms with E-state index < -0.39 is 5.97 Å². The third-order valence-corrected chi connectivity index (χ3v) is 6.94. The number of nitrogens with zero attached hydrogens (tertiary/aromatic N) is 2. The van der Waals surface area contributed by atoms with Gasteiger partial charge in [-0.25, -0.2) is 9.36 Å². The van der Waals surface area contributed by atoms with Crippen molar-refractivity contribution in [1.82, 2.24) is 0 Å². The van der Waals surface area contributed by atoms with Crippen LogP contribution in [0.2, 0.25) is 0 Å². The molecule has 2 heterocycles. The molecule has 1 aromatic heterocycles. The molecule has 0 bridgehead atoms. The number of anilines is 1. The number of aromatic nitrogens is 1. The molecule has 3 aromatic carbocycles. The van der Waals surface area contributed by atoms with E-state index in [0.29, 0.717) is 12.1 Å². The second-order valence-corrected chi connectivity index (χ2v) is 9.54. The SMILES string of the molecule is C[n+]1ccc(/C=C/C=C2/N(Cc3ccc(C(=O)O)cc3)c3ccccc3C2(C)C)c2ccccc21.[I-]. The van der Waals surface area contributed by atoms with Crippen molar-refractivity contribution in [2.45, 2.75) is 25.8 Å². The van der Waals surface area contributed by atoms with Crippen LogP contribution in [-0.4, -0.2) is 11.1 Å². The molecule has 1 aliphatic rings. The summed E-state index contributed by atoms with van der Waals surface area (Å²) < 4.78 is 2.14. The van der Waals surface area contributed by atoms with Gasteiger partial charge >= 0.3 is 5.97 Å². The number of carboxylic acid groups (broad SMARTS) is 1. The van der Waals surface area contributed by atoms with Crippen LogP contribution in [0.4, 0.5) is 5.69 Å². The van der Waals surface area contributed by atoms with Gasteiger partial charge in [0.25, 0.3) is 0 Å². The van der Waals surface area contributed by atoms with Crippen LogP contribution in [0.15, 0.2) is 103 Å². The number of hydrogen-bond acceptors (Lipinski definition) is 2. The number of pyridine rings is 1. The number of rotatable bonds is 5. The minimum absolute atomic E-state index is 0. The summed E-state index contributed by atoms with van der Waals surface area (Å²) in [4.78, 5) is 13.6. The van der Waals surface area contributed by atoms with Gasteiger partial charge in [0.1, 0.15) is 7.05 Å². The lowest BCUT2D eigenvalue weighted by Gasteiger charge is -2.27. The second kappa shape index (κ2) is 10.3. The molecule has 1 aliphatic heterocycles. The fourth-order valence-corrected chi connectivity index (χ4v) is 5.02. The number of benzene rings is 3. The zero-order valence-corrected chi connectivity index (χ0v) is 22.8. The number of aromatic carboxylic acids is 1. The Bertz CT molecular complexity index is 1490.